The molecule has 4 atom stereocenters. The van der Waals surface area contributed by atoms with E-state index >= 15 is 0 Å². The summed E-state index contributed by atoms with van der Waals surface area (Å²) >= 11 is 0. The highest BCUT2D eigenvalue weighted by molar-refractivity contribution is 5.15. The lowest BCUT2D eigenvalue weighted by atomic mass is 9.99. The van der Waals surface area contributed by atoms with E-state index in [0.29, 0.717) is 26.4 Å². The topological polar surface area (TPSA) is 57.2 Å². The van der Waals surface area contributed by atoms with Gasteiger partial charge in [0, 0.05) is 0 Å². The number of rotatable bonds is 10. The van der Waals surface area contributed by atoms with Crippen molar-refractivity contribution in [2.45, 2.75) is 44.2 Å². The van der Waals surface area contributed by atoms with Crippen molar-refractivity contribution in [3.8, 4) is 0 Å². The molecule has 5 heteroatoms. The summed E-state index contributed by atoms with van der Waals surface area (Å²) in [4.78, 5) is 0. The highest BCUT2D eigenvalue weighted by Gasteiger charge is 2.42. The minimum Gasteiger partial charge on any atom is -0.387 e. The molecule has 167 valence electrons. The van der Waals surface area contributed by atoms with E-state index in [-0.39, 0.29) is 0 Å². The molecule has 1 heterocycles. The van der Waals surface area contributed by atoms with Gasteiger partial charge in [0.2, 0.25) is 0 Å². The van der Waals surface area contributed by atoms with E-state index in [1.165, 1.54) is 6.61 Å². The Kier molecular flexibility index (Phi) is 8.42. The Bertz CT molecular complexity index is 903. The molecule has 0 spiro atoms. The summed E-state index contributed by atoms with van der Waals surface area (Å²) in [5, 5.41) is 10.6. The van der Waals surface area contributed by atoms with Crippen molar-refractivity contribution in [2.24, 2.45) is 0 Å². The molecule has 1 N–H and O–H groups in total. The first-order valence-electron chi connectivity index (χ1n) is 10.9. The Morgan fingerprint density at radius 1 is 0.625 bits per heavy atom. The first kappa shape index (κ1) is 22.6. The summed E-state index contributed by atoms with van der Waals surface area (Å²) in [6.45, 7) is 2.99. The van der Waals surface area contributed by atoms with Crippen LogP contribution in [-0.4, -0.2) is 36.1 Å². The molecule has 1 radical (unpaired) electrons. The van der Waals surface area contributed by atoms with Crippen molar-refractivity contribution in [1.29, 1.82) is 0 Å². The second-order valence-electron chi connectivity index (χ2n) is 7.82. The fraction of sp³-hybridized carbons (Fsp3) is 0.296. The maximum absolute atomic E-state index is 10.6. The lowest BCUT2D eigenvalue weighted by Gasteiger charge is -2.40. The quantitative estimate of drug-likeness (QED) is 0.517. The van der Waals surface area contributed by atoms with Crippen LogP contribution in [0, 0.1) is 6.61 Å². The van der Waals surface area contributed by atoms with E-state index in [2.05, 4.69) is 0 Å². The van der Waals surface area contributed by atoms with Crippen LogP contribution < -0.4 is 0 Å². The summed E-state index contributed by atoms with van der Waals surface area (Å²) in [5.74, 6) is 0. The minimum atomic E-state index is -0.898. The highest BCUT2D eigenvalue weighted by atomic mass is 16.6. The zero-order valence-electron chi connectivity index (χ0n) is 18.0. The normalized spacial score (nSPS) is 23.2. The van der Waals surface area contributed by atoms with E-state index in [4.69, 9.17) is 18.9 Å². The van der Waals surface area contributed by atoms with Gasteiger partial charge in [-0.2, -0.15) is 0 Å². The van der Waals surface area contributed by atoms with Crippen LogP contribution in [0.5, 0.6) is 0 Å². The molecule has 0 aliphatic carbocycles. The molecule has 4 rings (SSSR count). The third-order valence-corrected chi connectivity index (χ3v) is 5.38. The number of hydrogen-bond donors (Lipinski definition) is 1. The van der Waals surface area contributed by atoms with Crippen LogP contribution in [-0.2, 0) is 38.8 Å². The van der Waals surface area contributed by atoms with Crippen LogP contribution in [0.15, 0.2) is 91.0 Å². The SMILES string of the molecule is O[C@H]1[CH]O[C@H](COCc2ccccc2)[C@@H](OCc2ccccc2)[C@@H]1OCc1ccccc1. The van der Waals surface area contributed by atoms with Gasteiger partial charge in [-0.3, -0.25) is 0 Å². The highest BCUT2D eigenvalue weighted by Crippen LogP contribution is 2.26. The van der Waals surface area contributed by atoms with Crippen molar-refractivity contribution in [1.82, 2.24) is 0 Å². The van der Waals surface area contributed by atoms with Gasteiger partial charge in [0.25, 0.3) is 0 Å². The van der Waals surface area contributed by atoms with Crippen molar-refractivity contribution >= 4 is 0 Å². The van der Waals surface area contributed by atoms with Gasteiger partial charge in [-0.05, 0) is 16.7 Å². The summed E-state index contributed by atoms with van der Waals surface area (Å²) < 4.78 is 24.1. The maximum Gasteiger partial charge on any atom is 0.115 e. The van der Waals surface area contributed by atoms with Crippen molar-refractivity contribution < 1.29 is 24.1 Å². The number of aliphatic hydroxyl groups excluding tert-OH is 1. The molecule has 1 fully saturated rings. The van der Waals surface area contributed by atoms with E-state index in [0.717, 1.165) is 16.7 Å². The summed E-state index contributed by atoms with van der Waals surface area (Å²) in [6.07, 6.45) is -2.36. The Morgan fingerprint density at radius 3 is 1.62 bits per heavy atom. The molecular weight excluding hydrogens is 404 g/mol. The van der Waals surface area contributed by atoms with Gasteiger partial charge in [0.1, 0.15) is 31.0 Å². The van der Waals surface area contributed by atoms with Gasteiger partial charge >= 0.3 is 0 Å². The van der Waals surface area contributed by atoms with Crippen LogP contribution in [0.25, 0.3) is 0 Å². The number of ether oxygens (including phenoxy) is 4. The Labute approximate surface area is 189 Å². The summed E-state index contributed by atoms with van der Waals surface area (Å²) in [6, 6.07) is 29.8. The fourth-order valence-corrected chi connectivity index (χ4v) is 3.67. The third-order valence-electron chi connectivity index (χ3n) is 5.38. The largest absolute Gasteiger partial charge is 0.387 e. The monoisotopic (exact) mass is 433 g/mol. The number of hydrogen-bond acceptors (Lipinski definition) is 5. The molecule has 1 aliphatic heterocycles. The van der Waals surface area contributed by atoms with Crippen LogP contribution >= 0.6 is 0 Å². The second kappa shape index (κ2) is 11.9. The van der Waals surface area contributed by atoms with Crippen LogP contribution in [0.3, 0.4) is 0 Å². The van der Waals surface area contributed by atoms with Crippen LogP contribution in [0.2, 0.25) is 0 Å². The van der Waals surface area contributed by atoms with E-state index in [1.54, 1.807) is 0 Å². The molecule has 0 bridgehead atoms. The Morgan fingerprint density at radius 2 is 1.09 bits per heavy atom. The van der Waals surface area contributed by atoms with Crippen molar-refractivity contribution in [3.63, 3.8) is 0 Å². The lowest BCUT2D eigenvalue weighted by molar-refractivity contribution is -0.215. The lowest BCUT2D eigenvalue weighted by Crippen LogP contribution is -2.54. The number of benzene rings is 3. The Balaban J connectivity index is 1.42. The van der Waals surface area contributed by atoms with Gasteiger partial charge in [0.05, 0.1) is 26.4 Å². The zero-order valence-corrected chi connectivity index (χ0v) is 18.0. The molecule has 0 amide bonds. The molecule has 3 aromatic carbocycles. The summed E-state index contributed by atoms with van der Waals surface area (Å²) in [5.41, 5.74) is 3.16. The van der Waals surface area contributed by atoms with Gasteiger partial charge in [-0.1, -0.05) is 91.0 Å². The molecule has 1 aliphatic rings. The molecule has 5 nitrogen and oxygen atoms in total. The smallest absolute Gasteiger partial charge is 0.115 e. The second-order valence-corrected chi connectivity index (χ2v) is 7.82. The molecule has 32 heavy (non-hydrogen) atoms. The first-order chi connectivity index (χ1) is 15.8. The van der Waals surface area contributed by atoms with Crippen LogP contribution in [0.1, 0.15) is 16.7 Å². The molecule has 0 unspecified atom stereocenters. The fourth-order valence-electron chi connectivity index (χ4n) is 3.67. The summed E-state index contributed by atoms with van der Waals surface area (Å²) in [7, 11) is 0. The van der Waals surface area contributed by atoms with E-state index in [9.17, 15) is 5.11 Å². The van der Waals surface area contributed by atoms with Gasteiger partial charge < -0.3 is 24.1 Å². The predicted molar refractivity (Wildman–Crippen MR) is 121 cm³/mol. The van der Waals surface area contributed by atoms with Crippen LogP contribution in [0.4, 0.5) is 0 Å². The van der Waals surface area contributed by atoms with Crippen molar-refractivity contribution in [3.05, 3.63) is 114 Å². The number of aliphatic hydroxyl groups is 1. The van der Waals surface area contributed by atoms with Gasteiger partial charge in [-0.15, -0.1) is 0 Å². The standard InChI is InChI=1S/C27H29O5/c28-24-19-30-25(20-29-16-21-10-4-1-5-11-21)27(32-18-23-14-8-3-9-15-23)26(24)31-17-22-12-6-2-7-13-22/h1-15,19,24-28H,16-18,20H2/t24-,25+,26+,27+/m0/s1. The van der Waals surface area contributed by atoms with Gasteiger partial charge in [-0.25, -0.2) is 0 Å². The molecule has 0 saturated carbocycles. The van der Waals surface area contributed by atoms with Crippen molar-refractivity contribution in [2.75, 3.05) is 6.61 Å². The van der Waals surface area contributed by atoms with Gasteiger partial charge in [0.15, 0.2) is 0 Å². The average molecular weight is 434 g/mol. The zero-order chi connectivity index (χ0) is 22.0. The average Bonchev–Trinajstić information content (AvgIpc) is 2.85. The predicted octanol–water partition coefficient (Wildman–Crippen LogP) is 4.30. The Hall–Kier alpha value is -2.54. The first-order valence-corrected chi connectivity index (χ1v) is 10.9. The third kappa shape index (κ3) is 6.48. The molecular formula is C27H29O5. The van der Waals surface area contributed by atoms with E-state index in [1.807, 2.05) is 91.0 Å². The molecule has 1 saturated heterocycles. The maximum atomic E-state index is 10.6. The minimum absolute atomic E-state index is 0.322. The van der Waals surface area contributed by atoms with E-state index < -0.39 is 24.4 Å². The molecule has 0 aromatic heterocycles. The molecule has 3 aromatic rings.